The lowest BCUT2D eigenvalue weighted by molar-refractivity contribution is 0.0431. The zero-order chi connectivity index (χ0) is 8.32. The smallest absolute Gasteiger partial charge is 0.150 e. The van der Waals surface area contributed by atoms with Gasteiger partial charge in [-0.05, 0) is 0 Å². The van der Waals surface area contributed by atoms with Crippen LogP contribution in [0.1, 0.15) is 0 Å². The molecule has 0 aromatic heterocycles. The number of hydrogen-bond donors (Lipinski definition) is 1. The maximum Gasteiger partial charge on any atom is 0.150 e. The molecule has 0 saturated carbocycles. The summed E-state index contributed by atoms with van der Waals surface area (Å²) in [4.78, 5) is 0. The van der Waals surface area contributed by atoms with E-state index in [0.717, 1.165) is 6.54 Å². The first-order valence-corrected chi connectivity index (χ1v) is 5.64. The van der Waals surface area contributed by atoms with Crippen LogP contribution in [-0.4, -0.2) is 46.2 Å². The van der Waals surface area contributed by atoms with Gasteiger partial charge in [-0.2, -0.15) is 0 Å². The summed E-state index contributed by atoms with van der Waals surface area (Å²) in [5.74, 6) is 0.125. The lowest BCUT2D eigenvalue weighted by atomic mass is 10.3. The Bertz CT molecular complexity index is 211. The van der Waals surface area contributed by atoms with Crippen molar-refractivity contribution >= 4 is 22.2 Å². The zero-order valence-corrected chi connectivity index (χ0v) is 8.58. The van der Waals surface area contributed by atoms with Gasteiger partial charge in [0.1, 0.15) is 9.84 Å². The molecule has 0 amide bonds. The third kappa shape index (κ3) is 4.92. The summed E-state index contributed by atoms with van der Waals surface area (Å²) in [7, 11) is -2.89. The van der Waals surface area contributed by atoms with Crippen LogP contribution in [0.25, 0.3) is 0 Å². The first kappa shape index (κ1) is 12.2. The second-order valence-electron chi connectivity index (χ2n) is 2.79. The van der Waals surface area contributed by atoms with Crippen LogP contribution in [-0.2, 0) is 14.6 Å². The standard InChI is InChI=1S/C6H13NO3S.ClH/c1-11(8,9)5-6-4-7-2-3-10-6;/h6-7H,2-5H2,1H3;1H. The lowest BCUT2D eigenvalue weighted by Gasteiger charge is -2.22. The van der Waals surface area contributed by atoms with Crippen LogP contribution >= 0.6 is 12.4 Å². The Kier molecular flexibility index (Phi) is 5.08. The molecule has 74 valence electrons. The van der Waals surface area contributed by atoms with Gasteiger partial charge in [0, 0.05) is 19.3 Å². The maximum atomic E-state index is 10.8. The Morgan fingerprint density at radius 2 is 2.25 bits per heavy atom. The molecule has 1 fully saturated rings. The molecule has 1 rings (SSSR count). The number of halogens is 1. The highest BCUT2D eigenvalue weighted by molar-refractivity contribution is 7.90. The van der Waals surface area contributed by atoms with E-state index in [1.54, 1.807) is 0 Å². The quantitative estimate of drug-likeness (QED) is 0.671. The highest BCUT2D eigenvalue weighted by atomic mass is 35.5. The molecule has 1 N–H and O–H groups in total. The summed E-state index contributed by atoms with van der Waals surface area (Å²) in [5.41, 5.74) is 0. The minimum absolute atomic E-state index is 0. The minimum Gasteiger partial charge on any atom is -0.375 e. The summed E-state index contributed by atoms with van der Waals surface area (Å²) in [5, 5.41) is 3.07. The van der Waals surface area contributed by atoms with Gasteiger partial charge in [-0.15, -0.1) is 12.4 Å². The fraction of sp³-hybridized carbons (Fsp3) is 1.00. The molecule has 6 heteroatoms. The van der Waals surface area contributed by atoms with Crippen molar-refractivity contribution in [2.24, 2.45) is 0 Å². The normalized spacial score (nSPS) is 24.6. The largest absolute Gasteiger partial charge is 0.375 e. The maximum absolute atomic E-state index is 10.8. The summed E-state index contributed by atoms with van der Waals surface area (Å²) in [6.45, 7) is 2.08. The van der Waals surface area contributed by atoms with Crippen molar-refractivity contribution in [3.8, 4) is 0 Å². The van der Waals surface area contributed by atoms with Crippen molar-refractivity contribution in [1.82, 2.24) is 5.32 Å². The lowest BCUT2D eigenvalue weighted by Crippen LogP contribution is -2.41. The molecule has 0 aromatic rings. The summed E-state index contributed by atoms with van der Waals surface area (Å²) >= 11 is 0. The Morgan fingerprint density at radius 3 is 2.67 bits per heavy atom. The van der Waals surface area contributed by atoms with Gasteiger partial charge < -0.3 is 10.1 Å². The average molecular weight is 216 g/mol. The van der Waals surface area contributed by atoms with E-state index in [2.05, 4.69) is 5.32 Å². The third-order valence-corrected chi connectivity index (χ3v) is 2.47. The number of ether oxygens (including phenoxy) is 1. The van der Waals surface area contributed by atoms with E-state index >= 15 is 0 Å². The van der Waals surface area contributed by atoms with Crippen molar-refractivity contribution in [3.63, 3.8) is 0 Å². The van der Waals surface area contributed by atoms with E-state index in [1.807, 2.05) is 0 Å². The summed E-state index contributed by atoms with van der Waals surface area (Å²) < 4.78 is 26.8. The Labute approximate surface area is 79.0 Å². The van der Waals surface area contributed by atoms with E-state index in [-0.39, 0.29) is 24.3 Å². The number of morpholine rings is 1. The van der Waals surface area contributed by atoms with Gasteiger partial charge in [0.25, 0.3) is 0 Å². The Balaban J connectivity index is 0.00000121. The van der Waals surface area contributed by atoms with Gasteiger partial charge in [-0.3, -0.25) is 0 Å². The molecular weight excluding hydrogens is 202 g/mol. The van der Waals surface area contributed by atoms with Crippen molar-refractivity contribution < 1.29 is 13.2 Å². The Morgan fingerprint density at radius 1 is 1.58 bits per heavy atom. The van der Waals surface area contributed by atoms with Crippen LogP contribution in [0.4, 0.5) is 0 Å². The molecule has 0 radical (unpaired) electrons. The monoisotopic (exact) mass is 215 g/mol. The van der Waals surface area contributed by atoms with Crippen molar-refractivity contribution in [1.29, 1.82) is 0 Å². The second-order valence-corrected chi connectivity index (χ2v) is 4.97. The topological polar surface area (TPSA) is 55.4 Å². The van der Waals surface area contributed by atoms with Gasteiger partial charge in [0.05, 0.1) is 18.5 Å². The third-order valence-electron chi connectivity index (χ3n) is 1.49. The van der Waals surface area contributed by atoms with Gasteiger partial charge in [0.2, 0.25) is 0 Å². The molecule has 12 heavy (non-hydrogen) atoms. The molecule has 1 heterocycles. The molecule has 0 aromatic carbocycles. The molecule has 0 spiro atoms. The highest BCUT2D eigenvalue weighted by Crippen LogP contribution is 1.99. The Hall–Kier alpha value is 0.160. The van der Waals surface area contributed by atoms with E-state index in [0.29, 0.717) is 13.2 Å². The SMILES string of the molecule is CS(=O)(=O)CC1CNCCO1.Cl. The minimum atomic E-state index is -2.89. The zero-order valence-electron chi connectivity index (χ0n) is 6.95. The van der Waals surface area contributed by atoms with Crippen LogP contribution in [0.5, 0.6) is 0 Å². The number of sulfone groups is 1. The van der Waals surface area contributed by atoms with Gasteiger partial charge in [-0.1, -0.05) is 0 Å². The van der Waals surface area contributed by atoms with Crippen LogP contribution in [0.2, 0.25) is 0 Å². The van der Waals surface area contributed by atoms with Crippen molar-refractivity contribution in [2.75, 3.05) is 31.7 Å². The van der Waals surface area contributed by atoms with E-state index in [4.69, 9.17) is 4.74 Å². The molecule has 1 atom stereocenters. The first-order valence-electron chi connectivity index (χ1n) is 3.58. The number of nitrogens with one attached hydrogen (secondary N) is 1. The molecule has 1 unspecified atom stereocenters. The fourth-order valence-corrected chi connectivity index (χ4v) is 1.95. The predicted molar refractivity (Wildman–Crippen MR) is 49.6 cm³/mol. The first-order chi connectivity index (χ1) is 5.08. The molecule has 0 bridgehead atoms. The predicted octanol–water partition coefficient (Wildman–Crippen LogP) is -0.559. The van der Waals surface area contributed by atoms with Gasteiger partial charge in [0.15, 0.2) is 0 Å². The number of hydrogen-bond acceptors (Lipinski definition) is 4. The summed E-state index contributed by atoms with van der Waals surface area (Å²) in [6.07, 6.45) is 1.07. The van der Waals surface area contributed by atoms with Crippen LogP contribution < -0.4 is 5.32 Å². The van der Waals surface area contributed by atoms with Gasteiger partial charge >= 0.3 is 0 Å². The molecule has 4 nitrogen and oxygen atoms in total. The van der Waals surface area contributed by atoms with Crippen LogP contribution in [0.15, 0.2) is 0 Å². The molecule has 1 aliphatic heterocycles. The fourth-order valence-electron chi connectivity index (χ4n) is 1.06. The highest BCUT2D eigenvalue weighted by Gasteiger charge is 2.17. The second kappa shape index (κ2) is 5.01. The average Bonchev–Trinajstić information content (AvgIpc) is 1.85. The van der Waals surface area contributed by atoms with Crippen LogP contribution in [0.3, 0.4) is 0 Å². The van der Waals surface area contributed by atoms with Crippen molar-refractivity contribution in [2.45, 2.75) is 6.10 Å². The summed E-state index contributed by atoms with van der Waals surface area (Å²) in [6, 6.07) is 0. The van der Waals surface area contributed by atoms with E-state index in [9.17, 15) is 8.42 Å². The van der Waals surface area contributed by atoms with E-state index < -0.39 is 9.84 Å². The van der Waals surface area contributed by atoms with E-state index in [1.165, 1.54) is 6.26 Å². The van der Waals surface area contributed by atoms with Crippen LogP contribution in [0, 0.1) is 0 Å². The molecular formula is C6H14ClNO3S. The molecule has 1 saturated heterocycles. The number of rotatable bonds is 2. The van der Waals surface area contributed by atoms with Crippen molar-refractivity contribution in [3.05, 3.63) is 0 Å². The molecule has 0 aliphatic carbocycles. The molecule has 1 aliphatic rings. The van der Waals surface area contributed by atoms with Gasteiger partial charge in [-0.25, -0.2) is 8.42 Å².